The molecular formula is C24H32N4O3S. The number of piperidine rings is 1. The van der Waals surface area contributed by atoms with Crippen LogP contribution in [0.25, 0.3) is 0 Å². The minimum Gasteiger partial charge on any atom is -0.455 e. The average Bonchev–Trinajstić information content (AvgIpc) is 3.32. The van der Waals surface area contributed by atoms with Crippen LogP contribution >= 0.6 is 11.3 Å². The third kappa shape index (κ3) is 4.81. The summed E-state index contributed by atoms with van der Waals surface area (Å²) in [5.41, 5.74) is 4.95. The zero-order valence-corrected chi connectivity index (χ0v) is 20.2. The summed E-state index contributed by atoms with van der Waals surface area (Å²) < 4.78 is 6.03. The molecule has 0 aromatic carbocycles. The fourth-order valence-electron chi connectivity index (χ4n) is 5.25. The van der Waals surface area contributed by atoms with Gasteiger partial charge in [-0.05, 0) is 71.7 Å². The van der Waals surface area contributed by atoms with E-state index < -0.39 is 0 Å². The maximum Gasteiger partial charge on any atom is 0.287 e. The number of rotatable bonds is 4. The number of hydrogen-bond acceptors (Lipinski definition) is 6. The first-order valence-corrected chi connectivity index (χ1v) is 12.1. The summed E-state index contributed by atoms with van der Waals surface area (Å²) >= 11 is 1.37. The Morgan fingerprint density at radius 3 is 2.53 bits per heavy atom. The van der Waals surface area contributed by atoms with E-state index in [4.69, 9.17) is 4.42 Å². The zero-order chi connectivity index (χ0) is 23.1. The molecule has 3 heterocycles. The highest BCUT2D eigenvalue weighted by atomic mass is 32.1. The molecule has 172 valence electrons. The molecule has 0 spiro atoms. The Hall–Kier alpha value is -2.45. The fraction of sp³-hybridized carbons (Fsp3) is 0.542. The van der Waals surface area contributed by atoms with E-state index in [1.807, 2.05) is 18.4 Å². The third-order valence-corrected chi connectivity index (χ3v) is 6.96. The number of hydrogen-bond donors (Lipinski definition) is 3. The number of thiophene rings is 1. The van der Waals surface area contributed by atoms with Crippen molar-refractivity contribution in [3.63, 3.8) is 0 Å². The average molecular weight is 457 g/mol. The van der Waals surface area contributed by atoms with Crippen LogP contribution in [-0.4, -0.2) is 34.6 Å². The molecule has 0 saturated carbocycles. The Labute approximate surface area is 193 Å². The standard InChI is InChI=1S/C24H32N4O3S/c1-14-19-16(26-27-21(29)18-10-7-11-32-18)8-6-9-17(19)31-20(14)22(30)25-15-12-23(2,3)28-24(4,5)13-15/h7,10-11,15,28H,6,8-9,12-13H2,1-5H3,(H,25,30)(H,27,29)/b26-16+. The van der Waals surface area contributed by atoms with Crippen LogP contribution in [0.1, 0.15) is 90.5 Å². The number of fused-ring (bicyclic) bond motifs is 1. The van der Waals surface area contributed by atoms with Gasteiger partial charge in [0.2, 0.25) is 0 Å². The predicted octanol–water partition coefficient (Wildman–Crippen LogP) is 4.16. The van der Waals surface area contributed by atoms with Crippen LogP contribution in [0.2, 0.25) is 0 Å². The van der Waals surface area contributed by atoms with Gasteiger partial charge in [0.15, 0.2) is 5.76 Å². The Morgan fingerprint density at radius 2 is 1.88 bits per heavy atom. The molecule has 1 aliphatic carbocycles. The molecule has 2 amide bonds. The van der Waals surface area contributed by atoms with E-state index >= 15 is 0 Å². The number of carbonyl (C=O) groups is 2. The minimum atomic E-state index is -0.227. The summed E-state index contributed by atoms with van der Waals surface area (Å²) in [6.45, 7) is 10.6. The molecule has 2 aromatic heterocycles. The van der Waals surface area contributed by atoms with Gasteiger partial charge in [0.25, 0.3) is 11.8 Å². The van der Waals surface area contributed by atoms with Crippen LogP contribution in [0, 0.1) is 6.92 Å². The quantitative estimate of drug-likeness (QED) is 0.602. The highest BCUT2D eigenvalue weighted by molar-refractivity contribution is 7.12. The maximum absolute atomic E-state index is 13.2. The number of nitrogens with zero attached hydrogens (tertiary/aromatic N) is 1. The summed E-state index contributed by atoms with van der Waals surface area (Å²) in [4.78, 5) is 26.1. The van der Waals surface area contributed by atoms with Crippen LogP contribution in [-0.2, 0) is 6.42 Å². The highest BCUT2D eigenvalue weighted by Crippen LogP contribution is 2.32. The normalized spacial score (nSPS) is 21.2. The summed E-state index contributed by atoms with van der Waals surface area (Å²) in [5.74, 6) is 0.713. The van der Waals surface area contributed by atoms with Crippen molar-refractivity contribution in [1.29, 1.82) is 0 Å². The number of carbonyl (C=O) groups excluding carboxylic acids is 2. The topological polar surface area (TPSA) is 95.7 Å². The summed E-state index contributed by atoms with van der Waals surface area (Å²) in [7, 11) is 0. The molecule has 0 bridgehead atoms. The fourth-order valence-corrected chi connectivity index (χ4v) is 5.87. The molecule has 2 aromatic rings. The van der Waals surface area contributed by atoms with Crippen molar-refractivity contribution >= 4 is 28.9 Å². The molecular weight excluding hydrogens is 424 g/mol. The summed E-state index contributed by atoms with van der Waals surface area (Å²) in [5, 5.41) is 13.1. The lowest BCUT2D eigenvalue weighted by atomic mass is 9.79. The molecule has 32 heavy (non-hydrogen) atoms. The van der Waals surface area contributed by atoms with Crippen molar-refractivity contribution in [2.24, 2.45) is 5.10 Å². The third-order valence-electron chi connectivity index (χ3n) is 6.09. The van der Waals surface area contributed by atoms with Crippen LogP contribution < -0.4 is 16.1 Å². The van der Waals surface area contributed by atoms with Crippen molar-refractivity contribution in [1.82, 2.24) is 16.1 Å². The molecule has 1 saturated heterocycles. The van der Waals surface area contributed by atoms with Crippen LogP contribution in [0.15, 0.2) is 27.0 Å². The van der Waals surface area contributed by atoms with Crippen LogP contribution in [0.5, 0.6) is 0 Å². The van der Waals surface area contributed by atoms with E-state index in [1.54, 1.807) is 6.07 Å². The maximum atomic E-state index is 13.2. The van der Waals surface area contributed by atoms with Crippen molar-refractivity contribution in [3.8, 4) is 0 Å². The second kappa shape index (κ2) is 8.48. The SMILES string of the molecule is Cc1c(C(=O)NC2CC(C)(C)NC(C)(C)C2)oc2c1/C(=N/NC(=O)c1cccs1)CCC2. The lowest BCUT2D eigenvalue weighted by molar-refractivity contribution is 0.0842. The lowest BCUT2D eigenvalue weighted by Crippen LogP contribution is -2.62. The number of hydrazone groups is 1. The Kier molecular flexibility index (Phi) is 6.02. The van der Waals surface area contributed by atoms with Crippen molar-refractivity contribution in [3.05, 3.63) is 45.0 Å². The largest absolute Gasteiger partial charge is 0.455 e. The first-order valence-electron chi connectivity index (χ1n) is 11.2. The van der Waals surface area contributed by atoms with Gasteiger partial charge in [-0.25, -0.2) is 5.43 Å². The zero-order valence-electron chi connectivity index (χ0n) is 19.4. The van der Waals surface area contributed by atoms with Crippen molar-refractivity contribution < 1.29 is 14.0 Å². The Bertz CT molecular complexity index is 1030. The van der Waals surface area contributed by atoms with Gasteiger partial charge >= 0.3 is 0 Å². The molecule has 1 aliphatic heterocycles. The van der Waals surface area contributed by atoms with Crippen molar-refractivity contribution in [2.45, 2.75) is 83.8 Å². The van der Waals surface area contributed by atoms with Gasteiger partial charge in [0, 0.05) is 34.7 Å². The lowest BCUT2D eigenvalue weighted by Gasteiger charge is -2.46. The molecule has 0 atom stereocenters. The Balaban J connectivity index is 1.53. The van der Waals surface area contributed by atoms with E-state index in [-0.39, 0.29) is 28.9 Å². The van der Waals surface area contributed by atoms with E-state index in [2.05, 4.69) is 48.9 Å². The van der Waals surface area contributed by atoms with Gasteiger partial charge in [-0.1, -0.05) is 6.07 Å². The number of aryl methyl sites for hydroxylation is 1. The van der Waals surface area contributed by atoms with E-state index in [0.29, 0.717) is 10.6 Å². The predicted molar refractivity (Wildman–Crippen MR) is 126 cm³/mol. The molecule has 0 unspecified atom stereocenters. The summed E-state index contributed by atoms with van der Waals surface area (Å²) in [6.07, 6.45) is 4.06. The number of nitrogens with one attached hydrogen (secondary N) is 3. The van der Waals surface area contributed by atoms with Crippen LogP contribution in [0.3, 0.4) is 0 Å². The van der Waals surface area contributed by atoms with E-state index in [0.717, 1.165) is 54.7 Å². The van der Waals surface area contributed by atoms with Gasteiger partial charge in [0.1, 0.15) is 5.76 Å². The Morgan fingerprint density at radius 1 is 1.16 bits per heavy atom. The summed E-state index contributed by atoms with van der Waals surface area (Å²) in [6, 6.07) is 3.66. The highest BCUT2D eigenvalue weighted by Gasteiger charge is 2.39. The van der Waals surface area contributed by atoms with Crippen LogP contribution in [0.4, 0.5) is 0 Å². The molecule has 4 rings (SSSR count). The molecule has 1 fully saturated rings. The molecule has 2 aliphatic rings. The van der Waals surface area contributed by atoms with Crippen molar-refractivity contribution in [2.75, 3.05) is 0 Å². The smallest absolute Gasteiger partial charge is 0.287 e. The van der Waals surface area contributed by atoms with Gasteiger partial charge in [-0.2, -0.15) is 5.10 Å². The monoisotopic (exact) mass is 456 g/mol. The molecule has 3 N–H and O–H groups in total. The van der Waals surface area contributed by atoms with E-state index in [9.17, 15) is 9.59 Å². The van der Waals surface area contributed by atoms with Gasteiger partial charge in [-0.15, -0.1) is 11.3 Å². The molecule has 7 nitrogen and oxygen atoms in total. The van der Waals surface area contributed by atoms with Gasteiger partial charge in [0.05, 0.1) is 10.6 Å². The first-order chi connectivity index (χ1) is 15.0. The van der Waals surface area contributed by atoms with Gasteiger partial charge < -0.3 is 15.1 Å². The molecule has 8 heteroatoms. The van der Waals surface area contributed by atoms with Gasteiger partial charge in [-0.3, -0.25) is 9.59 Å². The second-order valence-electron chi connectivity index (χ2n) is 10.2. The number of amides is 2. The first kappa shape index (κ1) is 22.7. The number of furan rings is 1. The van der Waals surface area contributed by atoms with E-state index in [1.165, 1.54) is 11.3 Å². The second-order valence-corrected chi connectivity index (χ2v) is 11.1. The molecule has 0 radical (unpaired) electrons. The minimum absolute atomic E-state index is 0.0578.